The fourth-order valence-corrected chi connectivity index (χ4v) is 2.56. The van der Waals surface area contributed by atoms with E-state index in [0.29, 0.717) is 11.3 Å². The van der Waals surface area contributed by atoms with E-state index in [2.05, 4.69) is 15.5 Å². The van der Waals surface area contributed by atoms with Gasteiger partial charge in [-0.15, -0.1) is 0 Å². The van der Waals surface area contributed by atoms with E-state index in [1.54, 1.807) is 36.4 Å². The zero-order chi connectivity index (χ0) is 22.2. The van der Waals surface area contributed by atoms with Crippen molar-refractivity contribution < 1.29 is 24.4 Å². The molecule has 10 heteroatoms. The number of carbonyl (C=O) groups excluding carboxylic acids is 1. The first-order valence-electron chi connectivity index (χ1n) is 8.92. The maximum Gasteiger partial charge on any atom is 0.335 e. The molecule has 3 aromatic rings. The molecule has 1 amide bonds. The van der Waals surface area contributed by atoms with Gasteiger partial charge in [-0.2, -0.15) is 5.10 Å². The second-order valence-electron chi connectivity index (χ2n) is 6.16. The molecule has 0 aliphatic carbocycles. The van der Waals surface area contributed by atoms with Crippen molar-refractivity contribution in [1.29, 1.82) is 0 Å². The second kappa shape index (κ2) is 9.74. The third-order valence-electron chi connectivity index (χ3n) is 4.08. The van der Waals surface area contributed by atoms with Crippen LogP contribution in [-0.4, -0.2) is 33.1 Å². The number of nitrogens with zero attached hydrogens (tertiary/aromatic N) is 3. The number of aromatic carboxylic acids is 1. The van der Waals surface area contributed by atoms with Crippen LogP contribution in [0.3, 0.4) is 0 Å². The molecular formula is C21H16N4O6. The molecule has 0 bridgehead atoms. The van der Waals surface area contributed by atoms with Crippen molar-refractivity contribution in [2.24, 2.45) is 5.10 Å². The summed E-state index contributed by atoms with van der Waals surface area (Å²) in [4.78, 5) is 37.1. The Kier molecular flexibility index (Phi) is 6.64. The number of amides is 1. The highest BCUT2D eigenvalue weighted by atomic mass is 16.6. The third-order valence-corrected chi connectivity index (χ3v) is 4.08. The summed E-state index contributed by atoms with van der Waals surface area (Å²) in [6, 6.07) is 15.7. The Morgan fingerprint density at radius 2 is 1.87 bits per heavy atom. The number of nitrogens with one attached hydrogen (secondary N) is 1. The van der Waals surface area contributed by atoms with Gasteiger partial charge in [-0.1, -0.05) is 24.3 Å². The van der Waals surface area contributed by atoms with Crippen molar-refractivity contribution in [1.82, 2.24) is 10.4 Å². The van der Waals surface area contributed by atoms with Crippen molar-refractivity contribution in [2.75, 3.05) is 0 Å². The molecule has 0 saturated carbocycles. The Hall–Kier alpha value is -4.60. The summed E-state index contributed by atoms with van der Waals surface area (Å²) < 4.78 is 5.76. The first kappa shape index (κ1) is 21.1. The lowest BCUT2D eigenvalue weighted by atomic mass is 10.1. The van der Waals surface area contributed by atoms with E-state index >= 15 is 0 Å². The van der Waals surface area contributed by atoms with Gasteiger partial charge in [0.15, 0.2) is 0 Å². The summed E-state index contributed by atoms with van der Waals surface area (Å²) in [5, 5.41) is 23.8. The molecule has 3 rings (SSSR count). The topological polar surface area (TPSA) is 144 Å². The molecule has 10 nitrogen and oxygen atoms in total. The van der Waals surface area contributed by atoms with Gasteiger partial charge in [0.25, 0.3) is 5.91 Å². The lowest BCUT2D eigenvalue weighted by Crippen LogP contribution is -2.20. The fourth-order valence-electron chi connectivity index (χ4n) is 2.56. The van der Waals surface area contributed by atoms with Gasteiger partial charge in [0.2, 0.25) is 5.69 Å². The predicted octanol–water partition coefficient (Wildman–Crippen LogP) is 3.03. The molecule has 0 atom stereocenters. The minimum Gasteiger partial charge on any atom is -0.488 e. The summed E-state index contributed by atoms with van der Waals surface area (Å²) in [6.07, 6.45) is 2.62. The monoisotopic (exact) mass is 420 g/mol. The van der Waals surface area contributed by atoms with Crippen LogP contribution in [0.25, 0.3) is 0 Å². The molecule has 0 aliphatic heterocycles. The molecule has 0 saturated heterocycles. The Labute approximate surface area is 176 Å². The van der Waals surface area contributed by atoms with Crippen LogP contribution < -0.4 is 10.2 Å². The number of carboxylic acids is 1. The van der Waals surface area contributed by atoms with Crippen LogP contribution in [0.2, 0.25) is 0 Å². The van der Waals surface area contributed by atoms with Crippen molar-refractivity contribution in [2.45, 2.75) is 6.61 Å². The zero-order valence-corrected chi connectivity index (χ0v) is 16.0. The average molecular weight is 420 g/mol. The van der Waals surface area contributed by atoms with E-state index in [9.17, 15) is 19.7 Å². The molecule has 1 aromatic heterocycles. The van der Waals surface area contributed by atoms with Crippen LogP contribution in [0.1, 0.15) is 32.0 Å². The quantitative estimate of drug-likeness (QED) is 0.324. The highest BCUT2D eigenvalue weighted by Gasteiger charge is 2.20. The molecule has 2 N–H and O–H groups in total. The fraction of sp³-hybridized carbons (Fsp3) is 0.0476. The lowest BCUT2D eigenvalue weighted by Gasteiger charge is -2.09. The van der Waals surface area contributed by atoms with Gasteiger partial charge in [0, 0.05) is 17.8 Å². The number of carboxylic acid groups (broad SMARTS) is 1. The van der Waals surface area contributed by atoms with Gasteiger partial charge in [-0.05, 0) is 35.9 Å². The van der Waals surface area contributed by atoms with E-state index in [1.165, 1.54) is 36.7 Å². The first-order chi connectivity index (χ1) is 15.0. The number of benzene rings is 2. The number of rotatable bonds is 8. The molecule has 0 radical (unpaired) electrons. The number of pyridine rings is 1. The van der Waals surface area contributed by atoms with Crippen LogP contribution >= 0.6 is 0 Å². The highest BCUT2D eigenvalue weighted by Crippen LogP contribution is 2.18. The summed E-state index contributed by atoms with van der Waals surface area (Å²) in [7, 11) is 0. The molecule has 2 aromatic carbocycles. The number of hydrazone groups is 1. The molecule has 156 valence electrons. The van der Waals surface area contributed by atoms with E-state index in [-0.39, 0.29) is 17.9 Å². The summed E-state index contributed by atoms with van der Waals surface area (Å²) >= 11 is 0. The SMILES string of the molecule is O=C(O)c1ccc(COc2ccccc2C=NNC(=O)c2ncccc2[N+](=O)[O-])cc1. The Morgan fingerprint density at radius 3 is 2.58 bits per heavy atom. The van der Waals surface area contributed by atoms with Crippen molar-refractivity contribution in [3.05, 3.63) is 99.4 Å². The van der Waals surface area contributed by atoms with Gasteiger partial charge in [-0.25, -0.2) is 15.2 Å². The maximum atomic E-state index is 12.2. The van der Waals surface area contributed by atoms with E-state index < -0.39 is 22.5 Å². The smallest absolute Gasteiger partial charge is 0.335 e. The normalized spacial score (nSPS) is 10.6. The molecule has 0 aliphatic rings. The largest absolute Gasteiger partial charge is 0.488 e. The summed E-state index contributed by atoms with van der Waals surface area (Å²) in [6.45, 7) is 0.192. The zero-order valence-electron chi connectivity index (χ0n) is 16.0. The van der Waals surface area contributed by atoms with Gasteiger partial charge in [-0.3, -0.25) is 14.9 Å². The standard InChI is InChI=1S/C21H16N4O6/c26-20(19-17(25(29)30)5-3-11-22-19)24-23-12-16-4-1-2-6-18(16)31-13-14-7-9-15(10-8-14)21(27)28/h1-12H,13H2,(H,24,26)(H,27,28). The number of aromatic nitrogens is 1. The van der Waals surface area contributed by atoms with Crippen molar-refractivity contribution in [3.8, 4) is 5.75 Å². The highest BCUT2D eigenvalue weighted by molar-refractivity contribution is 5.96. The second-order valence-corrected chi connectivity index (χ2v) is 6.16. The number of nitro groups is 1. The Balaban J connectivity index is 1.66. The van der Waals surface area contributed by atoms with Crippen LogP contribution in [0.4, 0.5) is 5.69 Å². The molecule has 0 spiro atoms. The molecule has 0 unspecified atom stereocenters. The molecular weight excluding hydrogens is 404 g/mol. The van der Waals surface area contributed by atoms with E-state index in [4.69, 9.17) is 9.84 Å². The maximum absolute atomic E-state index is 12.2. The Morgan fingerprint density at radius 1 is 1.13 bits per heavy atom. The van der Waals surface area contributed by atoms with Crippen LogP contribution in [0.5, 0.6) is 5.75 Å². The van der Waals surface area contributed by atoms with Gasteiger partial charge >= 0.3 is 11.7 Å². The van der Waals surface area contributed by atoms with Gasteiger partial charge in [0.1, 0.15) is 12.4 Å². The molecule has 31 heavy (non-hydrogen) atoms. The molecule has 0 fully saturated rings. The van der Waals surface area contributed by atoms with E-state index in [1.807, 2.05) is 0 Å². The lowest BCUT2D eigenvalue weighted by molar-refractivity contribution is -0.385. The van der Waals surface area contributed by atoms with Crippen molar-refractivity contribution in [3.63, 3.8) is 0 Å². The van der Waals surface area contributed by atoms with Crippen LogP contribution in [-0.2, 0) is 6.61 Å². The first-order valence-corrected chi connectivity index (χ1v) is 8.92. The number of hydrogen-bond donors (Lipinski definition) is 2. The minimum absolute atomic E-state index is 0.181. The average Bonchev–Trinajstić information content (AvgIpc) is 2.78. The number of hydrogen-bond acceptors (Lipinski definition) is 7. The molecule has 1 heterocycles. The minimum atomic E-state index is -1.01. The van der Waals surface area contributed by atoms with Crippen LogP contribution in [0, 0.1) is 10.1 Å². The van der Waals surface area contributed by atoms with Gasteiger partial charge in [0.05, 0.1) is 16.7 Å². The third kappa shape index (κ3) is 5.48. The number of ether oxygens (including phenoxy) is 1. The van der Waals surface area contributed by atoms with Crippen molar-refractivity contribution >= 4 is 23.8 Å². The predicted molar refractivity (Wildman–Crippen MR) is 110 cm³/mol. The summed E-state index contributed by atoms with van der Waals surface area (Å²) in [5.41, 5.74) is 2.95. The summed E-state index contributed by atoms with van der Waals surface area (Å²) in [5.74, 6) is -1.35. The number of para-hydroxylation sites is 1. The van der Waals surface area contributed by atoms with E-state index in [0.717, 1.165) is 5.56 Å². The van der Waals surface area contributed by atoms with Crippen LogP contribution in [0.15, 0.2) is 72.0 Å². The van der Waals surface area contributed by atoms with Gasteiger partial charge < -0.3 is 9.84 Å². The number of carbonyl (C=O) groups is 2. The Bertz CT molecular complexity index is 1140.